The molecule has 1 unspecified atom stereocenters. The molecule has 1 atom stereocenters. The first kappa shape index (κ1) is 21.8. The fourth-order valence-corrected chi connectivity index (χ4v) is 2.64. The Morgan fingerprint density at radius 2 is 1.87 bits per heavy atom. The highest BCUT2D eigenvalue weighted by Crippen LogP contribution is 2.31. The molecule has 1 aromatic heterocycles. The van der Waals surface area contributed by atoms with E-state index in [0.29, 0.717) is 0 Å². The Kier molecular flexibility index (Phi) is 6.55. The van der Waals surface area contributed by atoms with Crippen LogP contribution in [0.4, 0.5) is 30.4 Å². The predicted octanol–water partition coefficient (Wildman–Crippen LogP) is 3.17. The van der Waals surface area contributed by atoms with Crippen LogP contribution in [0.3, 0.4) is 0 Å². The minimum Gasteiger partial charge on any atom is -0.394 e. The van der Waals surface area contributed by atoms with Gasteiger partial charge in [-0.3, -0.25) is 9.59 Å². The van der Waals surface area contributed by atoms with E-state index in [0.717, 1.165) is 12.1 Å². The lowest BCUT2D eigenvalue weighted by Crippen LogP contribution is -2.46. The number of anilines is 3. The van der Waals surface area contributed by atoms with Crippen molar-refractivity contribution in [3.63, 3.8) is 0 Å². The molecule has 0 aliphatic rings. The highest BCUT2D eigenvalue weighted by Gasteiger charge is 2.30. The van der Waals surface area contributed by atoms with E-state index in [1.165, 1.54) is 36.6 Å². The summed E-state index contributed by atoms with van der Waals surface area (Å²) in [5.74, 6) is -1.35. The van der Waals surface area contributed by atoms with Crippen molar-refractivity contribution in [3.8, 4) is 0 Å². The van der Waals surface area contributed by atoms with Gasteiger partial charge in [-0.15, -0.1) is 0 Å². The Hall–Kier alpha value is -3.86. The highest BCUT2D eigenvalue weighted by molar-refractivity contribution is 6.04. The maximum Gasteiger partial charge on any atom is 0.416 e. The van der Waals surface area contributed by atoms with Gasteiger partial charge in [-0.1, -0.05) is 23.4 Å². The van der Waals surface area contributed by atoms with Gasteiger partial charge in [0.1, 0.15) is 12.3 Å². The number of halogens is 3. The molecule has 0 aliphatic heterocycles. The van der Waals surface area contributed by atoms with Gasteiger partial charge in [-0.05, 0) is 30.3 Å². The first-order valence-corrected chi connectivity index (χ1v) is 8.94. The second-order valence-electron chi connectivity index (χ2n) is 6.33. The fraction of sp³-hybridized carbons (Fsp3) is 0.150. The van der Waals surface area contributed by atoms with Crippen LogP contribution in [0.5, 0.6) is 0 Å². The van der Waals surface area contributed by atoms with Crippen LogP contribution >= 0.6 is 0 Å². The summed E-state index contributed by atoms with van der Waals surface area (Å²) >= 11 is 0. The number of nitrogens with zero attached hydrogens (tertiary/aromatic N) is 1. The van der Waals surface area contributed by atoms with Crippen molar-refractivity contribution in [2.75, 3.05) is 17.2 Å². The number of aromatic nitrogens is 1. The molecule has 0 spiro atoms. The summed E-state index contributed by atoms with van der Waals surface area (Å²) in [6, 6.07) is 10.7. The van der Waals surface area contributed by atoms with Gasteiger partial charge < -0.3 is 25.6 Å². The zero-order chi connectivity index (χ0) is 22.4. The predicted molar refractivity (Wildman–Crippen MR) is 105 cm³/mol. The molecule has 3 rings (SSSR count). The van der Waals surface area contributed by atoms with Crippen LogP contribution in [0.15, 0.2) is 65.4 Å². The SMILES string of the molecule is O=C(NC(CO)C(=O)Nc1ccon1)c1ccccc1Nc1cccc(C(F)(F)F)c1. The Morgan fingerprint density at radius 1 is 1.10 bits per heavy atom. The van der Waals surface area contributed by atoms with Crippen molar-refractivity contribution in [1.82, 2.24) is 10.5 Å². The van der Waals surface area contributed by atoms with E-state index in [1.807, 2.05) is 0 Å². The normalized spacial score (nSPS) is 12.1. The smallest absolute Gasteiger partial charge is 0.394 e. The third kappa shape index (κ3) is 5.60. The zero-order valence-electron chi connectivity index (χ0n) is 15.8. The summed E-state index contributed by atoms with van der Waals surface area (Å²) in [6.07, 6.45) is -3.28. The van der Waals surface area contributed by atoms with E-state index in [9.17, 15) is 27.9 Å². The lowest BCUT2D eigenvalue weighted by atomic mass is 10.1. The number of amides is 2. The first-order valence-electron chi connectivity index (χ1n) is 8.94. The summed E-state index contributed by atoms with van der Waals surface area (Å²) in [5, 5.41) is 20.5. The molecule has 2 amide bonds. The van der Waals surface area contributed by atoms with E-state index in [-0.39, 0.29) is 22.8 Å². The average Bonchev–Trinajstić information content (AvgIpc) is 3.24. The number of alkyl halides is 3. The van der Waals surface area contributed by atoms with Crippen molar-refractivity contribution < 1.29 is 32.4 Å². The summed E-state index contributed by atoms with van der Waals surface area (Å²) < 4.78 is 43.4. The molecule has 1 heterocycles. The molecule has 11 heteroatoms. The molecule has 4 N–H and O–H groups in total. The maximum absolute atomic E-state index is 12.9. The van der Waals surface area contributed by atoms with Gasteiger partial charge in [0.05, 0.1) is 23.4 Å². The number of carbonyl (C=O) groups is 2. The van der Waals surface area contributed by atoms with Crippen molar-refractivity contribution in [2.24, 2.45) is 0 Å². The van der Waals surface area contributed by atoms with Gasteiger partial charge >= 0.3 is 6.18 Å². The van der Waals surface area contributed by atoms with Crippen molar-refractivity contribution in [1.29, 1.82) is 0 Å². The fourth-order valence-electron chi connectivity index (χ4n) is 2.64. The zero-order valence-corrected chi connectivity index (χ0v) is 15.8. The number of hydrogen-bond donors (Lipinski definition) is 4. The lowest BCUT2D eigenvalue weighted by Gasteiger charge is -2.17. The molecule has 31 heavy (non-hydrogen) atoms. The standard InChI is InChI=1S/C20H17F3N4O4/c21-20(22,23)12-4-3-5-13(10-12)24-15-7-2-1-6-14(15)18(29)25-16(11-28)19(30)26-17-8-9-31-27-17/h1-10,16,24,28H,11H2,(H,25,29)(H,26,27,30). The van der Waals surface area contributed by atoms with Gasteiger partial charge in [0.2, 0.25) is 0 Å². The molecule has 0 bridgehead atoms. The Labute approximate surface area is 174 Å². The number of carbonyl (C=O) groups excluding carboxylic acids is 2. The third-order valence-electron chi connectivity index (χ3n) is 4.13. The average molecular weight is 434 g/mol. The van der Waals surface area contributed by atoms with Crippen LogP contribution in [-0.4, -0.2) is 34.7 Å². The molecular formula is C20H17F3N4O4. The van der Waals surface area contributed by atoms with Crippen LogP contribution in [0, 0.1) is 0 Å². The second kappa shape index (κ2) is 9.30. The van der Waals surface area contributed by atoms with Crippen molar-refractivity contribution in [2.45, 2.75) is 12.2 Å². The van der Waals surface area contributed by atoms with Crippen molar-refractivity contribution in [3.05, 3.63) is 72.0 Å². The third-order valence-corrected chi connectivity index (χ3v) is 4.13. The molecule has 0 radical (unpaired) electrons. The van der Waals surface area contributed by atoms with Crippen LogP contribution in [0.25, 0.3) is 0 Å². The highest BCUT2D eigenvalue weighted by atomic mass is 19.4. The van der Waals surface area contributed by atoms with Gasteiger partial charge in [0, 0.05) is 11.8 Å². The summed E-state index contributed by atoms with van der Waals surface area (Å²) in [5.41, 5.74) is -0.442. The number of hydrogen-bond acceptors (Lipinski definition) is 6. The van der Waals surface area contributed by atoms with Crippen LogP contribution < -0.4 is 16.0 Å². The van der Waals surface area contributed by atoms with Gasteiger partial charge in [-0.2, -0.15) is 13.2 Å². The molecule has 2 aromatic carbocycles. The van der Waals surface area contributed by atoms with E-state index in [1.54, 1.807) is 12.1 Å². The van der Waals surface area contributed by atoms with Gasteiger partial charge in [0.15, 0.2) is 5.82 Å². The Balaban J connectivity index is 1.76. The second-order valence-corrected chi connectivity index (χ2v) is 6.33. The molecule has 0 saturated heterocycles. The topological polar surface area (TPSA) is 116 Å². The number of rotatable bonds is 7. The van der Waals surface area contributed by atoms with Crippen LogP contribution in [0.2, 0.25) is 0 Å². The number of benzene rings is 2. The number of para-hydroxylation sites is 1. The molecule has 8 nitrogen and oxygen atoms in total. The Morgan fingerprint density at radius 3 is 2.55 bits per heavy atom. The van der Waals surface area contributed by atoms with Crippen LogP contribution in [-0.2, 0) is 11.0 Å². The van der Waals surface area contributed by atoms with Crippen LogP contribution in [0.1, 0.15) is 15.9 Å². The number of aliphatic hydroxyl groups is 1. The molecule has 162 valence electrons. The first-order chi connectivity index (χ1) is 14.8. The molecule has 3 aromatic rings. The van der Waals surface area contributed by atoms with Crippen molar-refractivity contribution >= 4 is 29.0 Å². The number of nitrogens with one attached hydrogen (secondary N) is 3. The quantitative estimate of drug-likeness (QED) is 0.454. The van der Waals surface area contributed by atoms with Gasteiger partial charge in [-0.25, -0.2) is 0 Å². The summed E-state index contributed by atoms with van der Waals surface area (Å²) in [7, 11) is 0. The molecule has 0 aliphatic carbocycles. The van der Waals surface area contributed by atoms with E-state index >= 15 is 0 Å². The van der Waals surface area contributed by atoms with E-state index in [2.05, 4.69) is 25.6 Å². The minimum atomic E-state index is -4.51. The maximum atomic E-state index is 12.9. The lowest BCUT2D eigenvalue weighted by molar-refractivity contribution is -0.137. The molecule has 0 fully saturated rings. The summed E-state index contributed by atoms with van der Waals surface area (Å²) in [4.78, 5) is 24.9. The minimum absolute atomic E-state index is 0.0626. The largest absolute Gasteiger partial charge is 0.416 e. The van der Waals surface area contributed by atoms with Gasteiger partial charge in [0.25, 0.3) is 11.8 Å². The summed E-state index contributed by atoms with van der Waals surface area (Å²) in [6.45, 7) is -0.696. The molecule has 0 saturated carbocycles. The number of aliphatic hydroxyl groups excluding tert-OH is 1. The monoisotopic (exact) mass is 434 g/mol. The van der Waals surface area contributed by atoms with E-state index < -0.39 is 36.2 Å². The molecular weight excluding hydrogens is 417 g/mol. The van der Waals surface area contributed by atoms with E-state index in [4.69, 9.17) is 0 Å². The Bertz CT molecular complexity index is 1050.